The van der Waals surface area contributed by atoms with Crippen LogP contribution >= 0.6 is 0 Å². The SMILES string of the molecule is CCOC(=O)C1=NNc2cc(-c3ccccc3)nn2C1(O)C(F)(F)F. The van der Waals surface area contributed by atoms with E-state index >= 15 is 0 Å². The molecule has 1 aliphatic rings. The average molecular weight is 354 g/mol. The van der Waals surface area contributed by atoms with Crippen molar-refractivity contribution in [3.63, 3.8) is 0 Å². The Bertz CT molecular complexity index is 832. The van der Waals surface area contributed by atoms with Crippen LogP contribution in [0.1, 0.15) is 6.92 Å². The summed E-state index contributed by atoms with van der Waals surface area (Å²) in [6.45, 7) is 1.25. The number of hydrogen-bond acceptors (Lipinski definition) is 6. The van der Waals surface area contributed by atoms with Gasteiger partial charge in [0.25, 0.3) is 0 Å². The number of halogens is 3. The number of anilines is 1. The Morgan fingerprint density at radius 3 is 2.64 bits per heavy atom. The van der Waals surface area contributed by atoms with Crippen LogP contribution in [0.25, 0.3) is 11.3 Å². The smallest absolute Gasteiger partial charge is 0.445 e. The van der Waals surface area contributed by atoms with E-state index in [1.165, 1.54) is 13.0 Å². The number of aliphatic hydroxyl groups is 1. The third-order valence-corrected chi connectivity index (χ3v) is 3.56. The molecule has 0 amide bonds. The highest BCUT2D eigenvalue weighted by molar-refractivity contribution is 6.39. The summed E-state index contributed by atoms with van der Waals surface area (Å²) in [6.07, 6.45) is -5.25. The largest absolute Gasteiger partial charge is 0.461 e. The van der Waals surface area contributed by atoms with Gasteiger partial charge in [0.2, 0.25) is 5.71 Å². The van der Waals surface area contributed by atoms with Crippen LogP contribution in [0.4, 0.5) is 19.0 Å². The van der Waals surface area contributed by atoms with Gasteiger partial charge in [0.1, 0.15) is 5.82 Å². The van der Waals surface area contributed by atoms with Crippen LogP contribution in [0, 0.1) is 0 Å². The number of hydrazone groups is 1. The van der Waals surface area contributed by atoms with Crippen molar-refractivity contribution in [1.29, 1.82) is 0 Å². The standard InChI is InChI=1S/C15H13F3N4O3/c1-2-25-13(23)12-14(24,15(16,17)18)22-11(19-20-12)8-10(21-22)9-6-4-3-5-7-9/h3-8,19,24H,2H2,1H3. The Hall–Kier alpha value is -2.88. The molecule has 0 saturated heterocycles. The highest BCUT2D eigenvalue weighted by Gasteiger charge is 2.65. The molecular weight excluding hydrogens is 341 g/mol. The van der Waals surface area contributed by atoms with Crippen molar-refractivity contribution in [1.82, 2.24) is 9.78 Å². The molecule has 2 aromatic rings. The lowest BCUT2D eigenvalue weighted by molar-refractivity contribution is -0.269. The van der Waals surface area contributed by atoms with Crippen molar-refractivity contribution in [2.24, 2.45) is 5.10 Å². The highest BCUT2D eigenvalue weighted by Crippen LogP contribution is 2.41. The minimum atomic E-state index is -5.25. The lowest BCUT2D eigenvalue weighted by atomic mass is 10.1. The zero-order chi connectivity index (χ0) is 18.2. The number of benzene rings is 1. The minimum absolute atomic E-state index is 0.172. The van der Waals surface area contributed by atoms with Crippen molar-refractivity contribution in [3.05, 3.63) is 36.4 Å². The number of aromatic nitrogens is 2. The summed E-state index contributed by atoms with van der Waals surface area (Å²) in [4.78, 5) is 11.9. The molecule has 0 fully saturated rings. The fraction of sp³-hybridized carbons (Fsp3) is 0.267. The number of hydrogen-bond donors (Lipinski definition) is 2. The Labute approximate surface area is 139 Å². The molecule has 3 rings (SSSR count). The summed E-state index contributed by atoms with van der Waals surface area (Å²) >= 11 is 0. The highest BCUT2D eigenvalue weighted by atomic mass is 19.4. The number of fused-ring (bicyclic) bond motifs is 1. The molecule has 1 aromatic carbocycles. The van der Waals surface area contributed by atoms with Gasteiger partial charge in [0.15, 0.2) is 0 Å². The monoisotopic (exact) mass is 354 g/mol. The molecule has 1 aliphatic heterocycles. The lowest BCUT2D eigenvalue weighted by Gasteiger charge is -2.33. The van der Waals surface area contributed by atoms with Gasteiger partial charge >= 0.3 is 17.9 Å². The van der Waals surface area contributed by atoms with Gasteiger partial charge in [-0.3, -0.25) is 5.43 Å². The fourth-order valence-corrected chi connectivity index (χ4v) is 2.39. The molecule has 7 nitrogen and oxygen atoms in total. The second-order valence-electron chi connectivity index (χ2n) is 5.16. The van der Waals surface area contributed by atoms with Crippen LogP contribution in [0.5, 0.6) is 0 Å². The third kappa shape index (κ3) is 2.64. The quantitative estimate of drug-likeness (QED) is 0.824. The Morgan fingerprint density at radius 1 is 1.36 bits per heavy atom. The number of alkyl halides is 3. The zero-order valence-corrected chi connectivity index (χ0v) is 12.9. The summed E-state index contributed by atoms with van der Waals surface area (Å²) in [6, 6.07) is 9.71. The van der Waals surface area contributed by atoms with E-state index in [2.05, 4.69) is 20.4 Å². The lowest BCUT2D eigenvalue weighted by Crippen LogP contribution is -2.59. The van der Waals surface area contributed by atoms with Crippen molar-refractivity contribution in [2.45, 2.75) is 18.8 Å². The Kier molecular flexibility index (Phi) is 3.99. The van der Waals surface area contributed by atoms with E-state index in [0.717, 1.165) is 0 Å². The summed E-state index contributed by atoms with van der Waals surface area (Å²) in [7, 11) is 0. The maximum Gasteiger partial charge on any atom is 0.445 e. The van der Waals surface area contributed by atoms with E-state index in [4.69, 9.17) is 0 Å². The molecule has 132 valence electrons. The van der Waals surface area contributed by atoms with E-state index in [9.17, 15) is 23.1 Å². The number of nitrogens with zero attached hydrogens (tertiary/aromatic N) is 3. The van der Waals surface area contributed by atoms with Crippen molar-refractivity contribution < 1.29 is 27.8 Å². The number of carbonyl (C=O) groups excluding carboxylic acids is 1. The molecule has 1 unspecified atom stereocenters. The van der Waals surface area contributed by atoms with Gasteiger partial charge in [-0.2, -0.15) is 23.4 Å². The van der Waals surface area contributed by atoms with Gasteiger partial charge in [0, 0.05) is 11.6 Å². The minimum Gasteiger partial charge on any atom is -0.461 e. The molecular formula is C15H13F3N4O3. The summed E-state index contributed by atoms with van der Waals surface area (Å²) in [5.41, 5.74) is -1.98. The number of esters is 1. The van der Waals surface area contributed by atoms with Crippen LogP contribution in [0.15, 0.2) is 41.5 Å². The Morgan fingerprint density at radius 2 is 2.04 bits per heavy atom. The number of rotatable bonds is 3. The van der Waals surface area contributed by atoms with Gasteiger partial charge in [-0.05, 0) is 6.92 Å². The van der Waals surface area contributed by atoms with Gasteiger partial charge in [-0.25, -0.2) is 9.48 Å². The molecule has 0 radical (unpaired) electrons. The zero-order valence-electron chi connectivity index (χ0n) is 12.9. The van der Waals surface area contributed by atoms with E-state index in [0.29, 0.717) is 5.56 Å². The fourth-order valence-electron chi connectivity index (χ4n) is 2.39. The summed E-state index contributed by atoms with van der Waals surface area (Å²) in [5, 5.41) is 17.6. The molecule has 2 heterocycles. The van der Waals surface area contributed by atoms with Gasteiger partial charge in [-0.1, -0.05) is 30.3 Å². The summed E-state index contributed by atoms with van der Waals surface area (Å²) < 4.78 is 45.8. The number of carbonyl (C=O) groups is 1. The first-order chi connectivity index (χ1) is 11.8. The molecule has 0 spiro atoms. The first kappa shape index (κ1) is 17.0. The van der Waals surface area contributed by atoms with Crippen molar-refractivity contribution >= 4 is 17.5 Å². The maximum atomic E-state index is 13.6. The molecule has 1 aromatic heterocycles. The normalized spacial score (nSPS) is 19.6. The molecule has 25 heavy (non-hydrogen) atoms. The van der Waals surface area contributed by atoms with Gasteiger partial charge in [-0.15, -0.1) is 0 Å². The van der Waals surface area contributed by atoms with E-state index in [-0.39, 0.29) is 22.8 Å². The second kappa shape index (κ2) is 5.88. The van der Waals surface area contributed by atoms with E-state index in [1.807, 2.05) is 0 Å². The first-order valence-electron chi connectivity index (χ1n) is 7.25. The van der Waals surface area contributed by atoms with Crippen molar-refractivity contribution in [2.75, 3.05) is 12.0 Å². The molecule has 10 heteroatoms. The van der Waals surface area contributed by atoms with Crippen LogP contribution in [-0.4, -0.2) is 39.4 Å². The van der Waals surface area contributed by atoms with Crippen LogP contribution in [0.3, 0.4) is 0 Å². The maximum absolute atomic E-state index is 13.6. The Balaban J connectivity index is 2.14. The van der Waals surface area contributed by atoms with E-state index < -0.39 is 23.6 Å². The second-order valence-corrected chi connectivity index (χ2v) is 5.16. The number of ether oxygens (including phenoxy) is 1. The van der Waals surface area contributed by atoms with Gasteiger partial charge < -0.3 is 9.84 Å². The predicted molar refractivity (Wildman–Crippen MR) is 81.6 cm³/mol. The van der Waals surface area contributed by atoms with E-state index in [1.54, 1.807) is 30.3 Å². The topological polar surface area (TPSA) is 88.7 Å². The number of nitrogens with one attached hydrogen (secondary N) is 1. The summed E-state index contributed by atoms with van der Waals surface area (Å²) in [5.74, 6) is -1.61. The van der Waals surface area contributed by atoms with Crippen molar-refractivity contribution in [3.8, 4) is 11.3 Å². The molecule has 1 atom stereocenters. The third-order valence-electron chi connectivity index (χ3n) is 3.56. The van der Waals surface area contributed by atoms with Gasteiger partial charge in [0.05, 0.1) is 12.3 Å². The predicted octanol–water partition coefficient (Wildman–Crippen LogP) is 2.10. The molecule has 0 aliphatic carbocycles. The van der Waals surface area contributed by atoms with Crippen LogP contribution in [-0.2, 0) is 15.3 Å². The van der Waals surface area contributed by atoms with Crippen LogP contribution < -0.4 is 5.43 Å². The van der Waals surface area contributed by atoms with Crippen LogP contribution in [0.2, 0.25) is 0 Å². The molecule has 0 saturated carbocycles. The average Bonchev–Trinajstić information content (AvgIpc) is 3.00. The molecule has 0 bridgehead atoms. The first-order valence-corrected chi connectivity index (χ1v) is 7.25. The molecule has 2 N–H and O–H groups in total.